The zero-order valence-corrected chi connectivity index (χ0v) is 45.3. The van der Waals surface area contributed by atoms with Crippen LogP contribution < -0.4 is 5.32 Å². The van der Waals surface area contributed by atoms with Crippen molar-refractivity contribution in [3.63, 3.8) is 0 Å². The Morgan fingerprint density at radius 1 is 0.412 bits per heavy atom. The Hall–Kier alpha value is -2.18. The first-order valence-electron chi connectivity index (χ1n) is 29.9. The lowest BCUT2D eigenvalue weighted by Crippen LogP contribution is -2.45. The van der Waals surface area contributed by atoms with Gasteiger partial charge >= 0.3 is 5.97 Å². The molecule has 0 aliphatic rings. The Morgan fingerprint density at radius 2 is 0.735 bits per heavy atom. The van der Waals surface area contributed by atoms with Crippen molar-refractivity contribution >= 4 is 11.9 Å². The molecular weight excluding hydrogens is 839 g/mol. The highest BCUT2D eigenvalue weighted by Crippen LogP contribution is 2.16. The third kappa shape index (κ3) is 53.2. The molecule has 0 aromatic carbocycles. The number of rotatable bonds is 55. The number of nitrogens with one attached hydrogen (secondary N) is 1. The first-order chi connectivity index (χ1) is 33.5. The quantitative estimate of drug-likeness (QED) is 0.0321. The molecule has 0 heterocycles. The second-order valence-corrected chi connectivity index (χ2v) is 20.3. The number of esters is 1. The minimum atomic E-state index is -0.852. The molecule has 0 aliphatic heterocycles. The number of hydrogen-bond acceptors (Lipinski definition) is 5. The number of aliphatic hydroxyl groups is 2. The number of carbonyl (C=O) groups excluding carboxylic acids is 2. The van der Waals surface area contributed by atoms with Crippen LogP contribution in [-0.2, 0) is 14.3 Å². The summed E-state index contributed by atoms with van der Waals surface area (Å²) in [5.41, 5.74) is 0. The maximum Gasteiger partial charge on any atom is 0.305 e. The fourth-order valence-corrected chi connectivity index (χ4v) is 8.95. The van der Waals surface area contributed by atoms with Gasteiger partial charge in [0.05, 0.1) is 25.4 Å². The van der Waals surface area contributed by atoms with Crippen molar-refractivity contribution in [3.05, 3.63) is 48.6 Å². The smallest absolute Gasteiger partial charge is 0.305 e. The largest absolute Gasteiger partial charge is 0.466 e. The van der Waals surface area contributed by atoms with E-state index >= 15 is 0 Å². The van der Waals surface area contributed by atoms with Crippen LogP contribution in [-0.4, -0.2) is 47.4 Å². The highest BCUT2D eigenvalue weighted by molar-refractivity contribution is 5.76. The van der Waals surface area contributed by atoms with E-state index in [-0.39, 0.29) is 18.5 Å². The Balaban J connectivity index is 3.49. The summed E-state index contributed by atoms with van der Waals surface area (Å²) in [4.78, 5) is 24.5. The van der Waals surface area contributed by atoms with Crippen LogP contribution in [0.5, 0.6) is 0 Å². The predicted octanol–water partition coefficient (Wildman–Crippen LogP) is 18.6. The molecule has 68 heavy (non-hydrogen) atoms. The second kappa shape index (κ2) is 57.4. The lowest BCUT2D eigenvalue weighted by Gasteiger charge is -2.20. The van der Waals surface area contributed by atoms with Crippen LogP contribution in [0.4, 0.5) is 0 Å². The van der Waals surface area contributed by atoms with Gasteiger partial charge < -0.3 is 20.3 Å². The Labute approximate surface area is 423 Å². The standard InChI is InChI=1S/C62H115NO5/c1-3-5-7-9-11-13-15-17-18-28-31-34-38-42-46-50-54-60(65)59(58-64)63-61(66)55-51-47-43-39-35-32-29-26-24-22-20-19-21-23-25-27-30-33-37-41-45-49-53-57-68-62(67)56-52-48-44-40-36-16-14-12-10-8-6-4-2/h12,14,19,21-22,24,50,54,59-60,64-65H,3-11,13,15-18,20,23,25-49,51-53,55-58H2,1-2H3,(H,63,66)/b14-12-,21-19-,24-22-,54-50+. The van der Waals surface area contributed by atoms with Crippen molar-refractivity contribution in [2.24, 2.45) is 0 Å². The predicted molar refractivity (Wildman–Crippen MR) is 296 cm³/mol. The molecule has 3 N–H and O–H groups in total. The topological polar surface area (TPSA) is 95.9 Å². The van der Waals surface area contributed by atoms with Crippen LogP contribution in [0, 0.1) is 0 Å². The van der Waals surface area contributed by atoms with E-state index in [4.69, 9.17) is 4.74 Å². The fourth-order valence-electron chi connectivity index (χ4n) is 8.95. The number of amides is 1. The molecule has 0 bridgehead atoms. The van der Waals surface area contributed by atoms with Gasteiger partial charge in [-0.2, -0.15) is 0 Å². The van der Waals surface area contributed by atoms with Crippen LogP contribution in [0.2, 0.25) is 0 Å². The molecule has 0 rings (SSSR count). The second-order valence-electron chi connectivity index (χ2n) is 20.3. The Bertz CT molecular complexity index is 1150. The average Bonchev–Trinajstić information content (AvgIpc) is 3.34. The van der Waals surface area contributed by atoms with Crippen molar-refractivity contribution < 1.29 is 24.5 Å². The van der Waals surface area contributed by atoms with Gasteiger partial charge in [0.25, 0.3) is 0 Å². The molecule has 0 aromatic heterocycles. The molecule has 0 spiro atoms. The van der Waals surface area contributed by atoms with Crippen LogP contribution in [0.15, 0.2) is 48.6 Å². The number of aliphatic hydroxyl groups excluding tert-OH is 2. The van der Waals surface area contributed by atoms with Gasteiger partial charge in [-0.1, -0.05) is 255 Å². The Kier molecular flexibility index (Phi) is 55.6. The van der Waals surface area contributed by atoms with Gasteiger partial charge in [-0.05, 0) is 89.9 Å². The third-order valence-electron chi connectivity index (χ3n) is 13.6. The highest BCUT2D eigenvalue weighted by Gasteiger charge is 2.18. The summed E-state index contributed by atoms with van der Waals surface area (Å²) in [7, 11) is 0. The minimum Gasteiger partial charge on any atom is -0.466 e. The van der Waals surface area contributed by atoms with Crippen LogP contribution in [0.1, 0.15) is 309 Å². The van der Waals surface area contributed by atoms with E-state index in [0.717, 1.165) is 64.2 Å². The van der Waals surface area contributed by atoms with Crippen molar-refractivity contribution in [3.8, 4) is 0 Å². The van der Waals surface area contributed by atoms with Crippen LogP contribution in [0.3, 0.4) is 0 Å². The van der Waals surface area contributed by atoms with Crippen LogP contribution in [0.25, 0.3) is 0 Å². The van der Waals surface area contributed by atoms with E-state index in [1.807, 2.05) is 6.08 Å². The summed E-state index contributed by atoms with van der Waals surface area (Å²) < 4.78 is 5.46. The highest BCUT2D eigenvalue weighted by atomic mass is 16.5. The summed E-state index contributed by atoms with van der Waals surface area (Å²) in [5, 5.41) is 23.1. The summed E-state index contributed by atoms with van der Waals surface area (Å²) in [6.07, 6.45) is 72.8. The molecule has 0 aromatic rings. The summed E-state index contributed by atoms with van der Waals surface area (Å²) in [5.74, 6) is -0.0820. The molecular formula is C62H115NO5. The van der Waals surface area contributed by atoms with Crippen LogP contribution >= 0.6 is 0 Å². The van der Waals surface area contributed by atoms with Gasteiger partial charge in [-0.15, -0.1) is 0 Å². The fraction of sp³-hybridized carbons (Fsp3) is 0.839. The molecule has 0 radical (unpaired) electrons. The minimum absolute atomic E-state index is 0.00408. The van der Waals surface area contributed by atoms with E-state index in [1.165, 1.54) is 218 Å². The van der Waals surface area contributed by atoms with Gasteiger partial charge in [0.1, 0.15) is 0 Å². The summed E-state index contributed by atoms with van der Waals surface area (Å²) in [6.45, 7) is 4.87. The number of ether oxygens (including phenoxy) is 1. The van der Waals surface area contributed by atoms with Gasteiger partial charge in [0.2, 0.25) is 5.91 Å². The van der Waals surface area contributed by atoms with Gasteiger partial charge in [-0.3, -0.25) is 9.59 Å². The molecule has 0 saturated carbocycles. The maximum atomic E-state index is 12.5. The molecule has 2 unspecified atom stereocenters. The molecule has 6 heteroatoms. The van der Waals surface area contributed by atoms with Crippen molar-refractivity contribution in [2.45, 2.75) is 321 Å². The molecule has 0 aliphatic carbocycles. The van der Waals surface area contributed by atoms with Gasteiger partial charge in [-0.25, -0.2) is 0 Å². The molecule has 6 nitrogen and oxygen atoms in total. The van der Waals surface area contributed by atoms with E-state index < -0.39 is 12.1 Å². The SMILES string of the molecule is CCCCC/C=C\CCCCCCCC(=O)OCCCCCCCCCCC/C=C\C/C=C\CCCCCCCCCC(=O)NC(CO)C(O)/C=C/CCCCCCCCCCCCCCCC. The lowest BCUT2D eigenvalue weighted by atomic mass is 10.0. The van der Waals surface area contributed by atoms with E-state index in [0.29, 0.717) is 19.4 Å². The van der Waals surface area contributed by atoms with E-state index in [1.54, 1.807) is 6.08 Å². The van der Waals surface area contributed by atoms with E-state index in [2.05, 4.69) is 55.6 Å². The zero-order valence-electron chi connectivity index (χ0n) is 45.3. The van der Waals surface area contributed by atoms with Gasteiger partial charge in [0, 0.05) is 12.8 Å². The lowest BCUT2D eigenvalue weighted by molar-refractivity contribution is -0.143. The van der Waals surface area contributed by atoms with E-state index in [9.17, 15) is 19.8 Å². The van der Waals surface area contributed by atoms with Crippen molar-refractivity contribution in [1.82, 2.24) is 5.32 Å². The number of hydrogen-bond donors (Lipinski definition) is 3. The third-order valence-corrected chi connectivity index (χ3v) is 13.6. The first-order valence-corrected chi connectivity index (χ1v) is 29.9. The monoisotopic (exact) mass is 954 g/mol. The summed E-state index contributed by atoms with van der Waals surface area (Å²) >= 11 is 0. The molecule has 1 amide bonds. The number of carbonyl (C=O) groups is 2. The maximum absolute atomic E-state index is 12.5. The Morgan fingerprint density at radius 3 is 1.16 bits per heavy atom. The average molecular weight is 955 g/mol. The summed E-state index contributed by atoms with van der Waals surface area (Å²) in [6, 6.07) is -0.636. The number of unbranched alkanes of at least 4 members (excludes halogenated alkanes) is 38. The normalized spacial score (nSPS) is 12.9. The van der Waals surface area contributed by atoms with Crippen molar-refractivity contribution in [2.75, 3.05) is 13.2 Å². The molecule has 0 fully saturated rings. The molecule has 2 atom stereocenters. The first kappa shape index (κ1) is 65.8. The van der Waals surface area contributed by atoms with Crippen molar-refractivity contribution in [1.29, 1.82) is 0 Å². The molecule has 0 saturated heterocycles. The molecule has 398 valence electrons. The zero-order chi connectivity index (χ0) is 49.3. The van der Waals surface area contributed by atoms with Gasteiger partial charge in [0.15, 0.2) is 0 Å². The number of allylic oxidation sites excluding steroid dienone is 7.